The molecule has 4 atom stereocenters. The Morgan fingerprint density at radius 2 is 1.33 bits per heavy atom. The first-order valence-corrected chi connectivity index (χ1v) is 11.8. The van der Waals surface area contributed by atoms with Crippen LogP contribution >= 0.6 is 0 Å². The Hall–Kier alpha value is -1.46. The van der Waals surface area contributed by atoms with Crippen LogP contribution in [0.1, 0.15) is 40.5 Å². The van der Waals surface area contributed by atoms with Gasteiger partial charge in [-0.3, -0.25) is 0 Å². The third kappa shape index (κ3) is 3.90. The van der Waals surface area contributed by atoms with E-state index in [1.165, 1.54) is 10.4 Å². The quantitative estimate of drug-likeness (QED) is 0.797. The van der Waals surface area contributed by atoms with Crippen LogP contribution in [0, 0.1) is 5.92 Å². The van der Waals surface area contributed by atoms with Gasteiger partial charge in [0.05, 0.1) is 18.3 Å². The molecule has 0 spiro atoms. The molecule has 1 saturated carbocycles. The van der Waals surface area contributed by atoms with Gasteiger partial charge in [0.15, 0.2) is 0 Å². The topological polar surface area (TPSA) is 49.7 Å². The zero-order chi connectivity index (χ0) is 19.7. The van der Waals surface area contributed by atoms with Gasteiger partial charge >= 0.3 is 0 Å². The molecule has 2 aromatic rings. The van der Waals surface area contributed by atoms with Crippen LogP contribution in [0.3, 0.4) is 0 Å². The standard InChI is InChI=1S/C23H32O3Si/c1-17-21(25)15-18(24)16-22(17)26-27(23(2,3)4,19-11-7-5-8-12-19)20-13-9-6-10-14-20/h5-14,17-18,21-22,24-25H,15-16H2,1-4H3/t17?,18-,21-,22?/m0/s1. The SMILES string of the molecule is CC1C(O[Si](c2ccccc2)(c2ccccc2)C(C)(C)C)C[C@@H](O)C[C@@H]1O. The fourth-order valence-electron chi connectivity index (χ4n) is 4.39. The second-order valence-corrected chi connectivity index (χ2v) is 13.1. The Balaban J connectivity index is 2.15. The van der Waals surface area contributed by atoms with Gasteiger partial charge in [0.2, 0.25) is 0 Å². The highest BCUT2D eigenvalue weighted by Gasteiger charge is 2.52. The minimum Gasteiger partial charge on any atom is -0.404 e. The van der Waals surface area contributed by atoms with Crippen molar-refractivity contribution in [3.63, 3.8) is 0 Å². The second-order valence-electron chi connectivity index (χ2n) is 8.87. The molecule has 0 amide bonds. The summed E-state index contributed by atoms with van der Waals surface area (Å²) in [6.45, 7) is 8.79. The number of rotatable bonds is 4. The van der Waals surface area contributed by atoms with Crippen LogP contribution < -0.4 is 10.4 Å². The van der Waals surface area contributed by atoms with Crippen LogP contribution in [0.4, 0.5) is 0 Å². The van der Waals surface area contributed by atoms with E-state index in [-0.39, 0.29) is 17.1 Å². The van der Waals surface area contributed by atoms with Gasteiger partial charge in [0.1, 0.15) is 0 Å². The molecule has 0 heterocycles. The lowest BCUT2D eigenvalue weighted by Gasteiger charge is -2.48. The monoisotopic (exact) mass is 384 g/mol. The third-order valence-corrected chi connectivity index (χ3v) is 11.0. The number of hydrogen-bond donors (Lipinski definition) is 2. The Labute approximate surface area is 164 Å². The third-order valence-electron chi connectivity index (χ3n) is 5.96. The van der Waals surface area contributed by atoms with Gasteiger partial charge in [-0.25, -0.2) is 0 Å². The molecule has 0 aliphatic heterocycles. The summed E-state index contributed by atoms with van der Waals surface area (Å²) in [6.07, 6.45) is -0.212. The van der Waals surface area contributed by atoms with Crippen LogP contribution in [0.15, 0.2) is 60.7 Å². The van der Waals surface area contributed by atoms with Crippen molar-refractivity contribution in [2.75, 3.05) is 0 Å². The molecule has 1 fully saturated rings. The van der Waals surface area contributed by atoms with E-state index in [1.54, 1.807) is 0 Å². The molecule has 0 saturated heterocycles. The van der Waals surface area contributed by atoms with E-state index >= 15 is 0 Å². The van der Waals surface area contributed by atoms with Crippen LogP contribution in [-0.2, 0) is 4.43 Å². The maximum absolute atomic E-state index is 10.4. The van der Waals surface area contributed by atoms with Gasteiger partial charge in [-0.1, -0.05) is 88.4 Å². The summed E-state index contributed by atoms with van der Waals surface area (Å²) in [4.78, 5) is 0. The molecule has 3 nitrogen and oxygen atoms in total. The normalized spacial score (nSPS) is 26.7. The maximum atomic E-state index is 10.4. The van der Waals surface area contributed by atoms with E-state index in [1.807, 2.05) is 19.1 Å². The Morgan fingerprint density at radius 3 is 1.78 bits per heavy atom. The molecule has 0 radical (unpaired) electrons. The average Bonchev–Trinajstić information content (AvgIpc) is 2.64. The highest BCUT2D eigenvalue weighted by Crippen LogP contribution is 2.40. The summed E-state index contributed by atoms with van der Waals surface area (Å²) in [5, 5.41) is 23.1. The average molecular weight is 385 g/mol. The van der Waals surface area contributed by atoms with E-state index < -0.39 is 20.5 Å². The number of aliphatic hydroxyl groups excluding tert-OH is 2. The number of benzene rings is 2. The largest absolute Gasteiger partial charge is 0.404 e. The van der Waals surface area contributed by atoms with Crippen molar-refractivity contribution < 1.29 is 14.6 Å². The van der Waals surface area contributed by atoms with Gasteiger partial charge < -0.3 is 14.6 Å². The zero-order valence-electron chi connectivity index (χ0n) is 16.8. The predicted molar refractivity (Wildman–Crippen MR) is 113 cm³/mol. The van der Waals surface area contributed by atoms with Crippen LogP contribution in [-0.4, -0.2) is 36.8 Å². The van der Waals surface area contributed by atoms with Gasteiger partial charge in [-0.2, -0.15) is 0 Å². The molecule has 0 bridgehead atoms. The highest BCUT2D eigenvalue weighted by atomic mass is 28.4. The molecule has 146 valence electrons. The van der Waals surface area contributed by atoms with Gasteiger partial charge in [-0.05, 0) is 28.3 Å². The fourth-order valence-corrected chi connectivity index (χ4v) is 9.17. The molecule has 3 rings (SSSR count). The maximum Gasteiger partial charge on any atom is 0.261 e. The van der Waals surface area contributed by atoms with E-state index in [2.05, 4.69) is 69.3 Å². The number of aliphatic hydroxyl groups is 2. The van der Waals surface area contributed by atoms with Gasteiger partial charge in [0, 0.05) is 5.92 Å². The predicted octanol–water partition coefficient (Wildman–Crippen LogP) is 3.08. The van der Waals surface area contributed by atoms with Crippen molar-refractivity contribution in [2.45, 2.75) is 63.9 Å². The van der Waals surface area contributed by atoms with E-state index in [0.717, 1.165) is 0 Å². The molecule has 2 N–H and O–H groups in total. The van der Waals surface area contributed by atoms with E-state index in [4.69, 9.17) is 4.43 Å². The summed E-state index contributed by atoms with van der Waals surface area (Å²) in [6, 6.07) is 21.0. The lowest BCUT2D eigenvalue weighted by molar-refractivity contribution is -0.0586. The molecule has 1 aliphatic rings. The Bertz CT molecular complexity index is 687. The highest BCUT2D eigenvalue weighted by molar-refractivity contribution is 6.99. The van der Waals surface area contributed by atoms with E-state index in [9.17, 15) is 10.2 Å². The zero-order valence-corrected chi connectivity index (χ0v) is 17.8. The Morgan fingerprint density at radius 1 is 0.852 bits per heavy atom. The van der Waals surface area contributed by atoms with Gasteiger partial charge in [-0.15, -0.1) is 0 Å². The van der Waals surface area contributed by atoms with Crippen molar-refractivity contribution in [3.05, 3.63) is 60.7 Å². The smallest absolute Gasteiger partial charge is 0.261 e. The van der Waals surface area contributed by atoms with Crippen molar-refractivity contribution in [1.82, 2.24) is 0 Å². The summed E-state index contributed by atoms with van der Waals surface area (Å²) in [7, 11) is -2.66. The first-order chi connectivity index (χ1) is 12.8. The molecular weight excluding hydrogens is 352 g/mol. The molecule has 4 heteroatoms. The number of hydrogen-bond acceptors (Lipinski definition) is 3. The van der Waals surface area contributed by atoms with Gasteiger partial charge in [0.25, 0.3) is 8.32 Å². The molecular formula is C23H32O3Si. The minimum absolute atomic E-state index is 0.00458. The molecule has 2 aromatic carbocycles. The van der Waals surface area contributed by atoms with Crippen molar-refractivity contribution in [1.29, 1.82) is 0 Å². The van der Waals surface area contributed by atoms with Crippen molar-refractivity contribution in [2.24, 2.45) is 5.92 Å². The van der Waals surface area contributed by atoms with Crippen LogP contribution in [0.25, 0.3) is 0 Å². The van der Waals surface area contributed by atoms with Crippen LogP contribution in [0.2, 0.25) is 5.04 Å². The molecule has 27 heavy (non-hydrogen) atoms. The first-order valence-electron chi connectivity index (χ1n) is 9.90. The summed E-state index contributed by atoms with van der Waals surface area (Å²) in [5.41, 5.74) is 0. The summed E-state index contributed by atoms with van der Waals surface area (Å²) in [5.74, 6) is -0.00458. The first kappa shape index (κ1) is 20.3. The van der Waals surface area contributed by atoms with Crippen LogP contribution in [0.5, 0.6) is 0 Å². The lowest BCUT2D eigenvalue weighted by atomic mass is 9.84. The fraction of sp³-hybridized carbons (Fsp3) is 0.478. The minimum atomic E-state index is -2.66. The summed E-state index contributed by atoms with van der Waals surface area (Å²) >= 11 is 0. The van der Waals surface area contributed by atoms with Crippen molar-refractivity contribution >= 4 is 18.7 Å². The molecule has 0 aromatic heterocycles. The summed E-state index contributed by atoms with van der Waals surface area (Å²) < 4.78 is 7.09. The van der Waals surface area contributed by atoms with Crippen molar-refractivity contribution in [3.8, 4) is 0 Å². The Kier molecular flexibility index (Phi) is 5.92. The van der Waals surface area contributed by atoms with E-state index in [0.29, 0.717) is 12.8 Å². The molecule has 2 unspecified atom stereocenters. The molecule has 1 aliphatic carbocycles. The lowest BCUT2D eigenvalue weighted by Crippen LogP contribution is -2.68. The second kappa shape index (κ2) is 7.88.